The summed E-state index contributed by atoms with van der Waals surface area (Å²) in [6.45, 7) is 13.3. The molecule has 0 atom stereocenters. The Kier molecular flexibility index (Phi) is 12.0. The summed E-state index contributed by atoms with van der Waals surface area (Å²) in [5.74, 6) is -0.0795. The molecule has 0 bridgehead atoms. The summed E-state index contributed by atoms with van der Waals surface area (Å²) >= 11 is 6.06. The maximum Gasteiger partial charge on any atom is 0.224 e. The van der Waals surface area contributed by atoms with E-state index in [0.29, 0.717) is 28.4 Å². The summed E-state index contributed by atoms with van der Waals surface area (Å²) in [5.41, 5.74) is 2.51. The van der Waals surface area contributed by atoms with Crippen LogP contribution in [0.1, 0.15) is 59.1 Å². The summed E-state index contributed by atoms with van der Waals surface area (Å²) in [4.78, 5) is 11.4. The van der Waals surface area contributed by atoms with Gasteiger partial charge in [-0.2, -0.15) is 0 Å². The molecule has 0 aliphatic rings. The topological polar surface area (TPSA) is 53.0 Å². The lowest BCUT2D eigenvalue weighted by Gasteiger charge is -2.12. The van der Waals surface area contributed by atoms with Gasteiger partial charge in [0.15, 0.2) is 0 Å². The molecule has 0 aromatic heterocycles. The van der Waals surface area contributed by atoms with Crippen LogP contribution >= 0.6 is 11.6 Å². The van der Waals surface area contributed by atoms with E-state index in [9.17, 15) is 4.79 Å². The van der Waals surface area contributed by atoms with Crippen LogP contribution in [0.25, 0.3) is 0 Å². The molecule has 20 heavy (non-hydrogen) atoms. The molecule has 0 saturated carbocycles. The van der Waals surface area contributed by atoms with Crippen molar-refractivity contribution in [3.8, 4) is 0 Å². The normalized spacial score (nSPS) is 8.60. The van der Waals surface area contributed by atoms with Crippen molar-refractivity contribution in [2.75, 3.05) is 5.32 Å². The van der Waals surface area contributed by atoms with E-state index in [2.05, 4.69) is 5.32 Å². The summed E-state index contributed by atoms with van der Waals surface area (Å²) in [6.07, 6.45) is 0.405. The van der Waals surface area contributed by atoms with Crippen molar-refractivity contribution in [3.63, 3.8) is 0 Å². The van der Waals surface area contributed by atoms with Gasteiger partial charge in [-0.3, -0.25) is 4.79 Å². The van der Waals surface area contributed by atoms with Gasteiger partial charge >= 0.3 is 0 Å². The maximum atomic E-state index is 11.4. The second-order valence-corrected chi connectivity index (χ2v) is 4.10. The lowest BCUT2D eigenvalue weighted by Crippen LogP contribution is -2.13. The Labute approximate surface area is 128 Å². The molecular weight excluding hydrogens is 272 g/mol. The van der Waals surface area contributed by atoms with E-state index in [-0.39, 0.29) is 5.91 Å². The highest BCUT2D eigenvalue weighted by molar-refractivity contribution is 6.35. The van der Waals surface area contributed by atoms with E-state index in [1.807, 2.05) is 40.7 Å². The van der Waals surface area contributed by atoms with Gasteiger partial charge in [-0.25, -0.2) is 0 Å². The number of anilines is 1. The number of carbonyl (C=O) groups is 1. The van der Waals surface area contributed by atoms with Gasteiger partial charge < -0.3 is 10.7 Å². The van der Waals surface area contributed by atoms with Crippen LogP contribution in [0.3, 0.4) is 0 Å². The van der Waals surface area contributed by atoms with E-state index in [4.69, 9.17) is 17.0 Å². The number of carbonyl (C=O) groups excluding carboxylic acids is 1. The Bertz CT molecular complexity index is 442. The minimum absolute atomic E-state index is 0.0795. The molecule has 0 radical (unpaired) electrons. The molecule has 1 rings (SSSR count). The highest BCUT2D eigenvalue weighted by Gasteiger charge is 2.12. The quantitative estimate of drug-likeness (QED) is 0.718. The van der Waals surface area contributed by atoms with Gasteiger partial charge in [0.05, 0.1) is 10.7 Å². The molecule has 1 amide bonds. The number of amides is 1. The molecule has 0 heterocycles. The Morgan fingerprint density at radius 3 is 2.15 bits per heavy atom. The van der Waals surface area contributed by atoms with E-state index >= 15 is 0 Å². The van der Waals surface area contributed by atoms with Gasteiger partial charge in [-0.1, -0.05) is 46.2 Å². The lowest BCUT2D eigenvalue weighted by molar-refractivity contribution is -0.115. The Hall–Kier alpha value is -1.35. The zero-order valence-electron chi connectivity index (χ0n) is 13.6. The van der Waals surface area contributed by atoms with Crippen LogP contribution in [0.2, 0.25) is 5.02 Å². The van der Waals surface area contributed by atoms with Gasteiger partial charge in [-0.15, -0.1) is 0 Å². The first-order chi connectivity index (χ1) is 9.45. The van der Waals surface area contributed by atoms with E-state index < -0.39 is 0 Å². The Morgan fingerprint density at radius 1 is 1.25 bits per heavy atom. The number of rotatable bonds is 3. The van der Waals surface area contributed by atoms with E-state index in [0.717, 1.165) is 5.56 Å². The Morgan fingerprint density at radius 2 is 1.75 bits per heavy atom. The molecule has 0 aliphatic heterocycles. The fourth-order valence-electron chi connectivity index (χ4n) is 1.46. The second kappa shape index (κ2) is 11.5. The second-order valence-electron chi connectivity index (χ2n) is 3.70. The molecule has 0 fully saturated rings. The fraction of sp³-hybridized carbons (Fsp3) is 0.500. The number of nitrogens with one attached hydrogen (secondary N) is 2. The minimum atomic E-state index is -0.0795. The first kappa shape index (κ1) is 21.0. The zero-order chi connectivity index (χ0) is 16.3. The lowest BCUT2D eigenvalue weighted by atomic mass is 10.1. The third kappa shape index (κ3) is 6.71. The molecule has 3 nitrogen and oxygen atoms in total. The molecule has 4 heteroatoms. The standard InChI is InChI=1S/C12H15ClN2O.2C2H6/c1-4-11(16)15-10-6-7(2)5-9(13)12(10)8(3)14;2*1-2/h5-6,14H,4H2,1-3H3,(H,15,16);2*1-2H3. The van der Waals surface area contributed by atoms with E-state index in [1.54, 1.807) is 19.9 Å². The van der Waals surface area contributed by atoms with Crippen LogP contribution in [0.4, 0.5) is 5.69 Å². The van der Waals surface area contributed by atoms with Crippen LogP contribution in [-0.4, -0.2) is 11.6 Å². The smallest absolute Gasteiger partial charge is 0.224 e. The third-order valence-electron chi connectivity index (χ3n) is 2.20. The van der Waals surface area contributed by atoms with Crippen LogP contribution in [0.5, 0.6) is 0 Å². The first-order valence-corrected chi connectivity index (χ1v) is 7.49. The fourth-order valence-corrected chi connectivity index (χ4v) is 1.88. The van der Waals surface area contributed by atoms with Gasteiger partial charge in [0.25, 0.3) is 0 Å². The number of hydrogen-bond acceptors (Lipinski definition) is 2. The first-order valence-electron chi connectivity index (χ1n) is 7.11. The molecule has 0 unspecified atom stereocenters. The van der Waals surface area contributed by atoms with Gasteiger partial charge in [0, 0.05) is 17.7 Å². The van der Waals surface area contributed by atoms with E-state index in [1.165, 1.54) is 0 Å². The number of hydrogen-bond donors (Lipinski definition) is 2. The highest BCUT2D eigenvalue weighted by atomic mass is 35.5. The highest BCUT2D eigenvalue weighted by Crippen LogP contribution is 2.27. The molecule has 0 saturated heterocycles. The number of benzene rings is 1. The predicted octanol–water partition coefficient (Wildman–Crippen LogP) is 5.44. The average Bonchev–Trinajstić information content (AvgIpc) is 2.41. The maximum absolute atomic E-state index is 11.4. The molecule has 0 aliphatic carbocycles. The van der Waals surface area contributed by atoms with Crippen LogP contribution < -0.4 is 5.32 Å². The number of aryl methyl sites for hydroxylation is 1. The van der Waals surface area contributed by atoms with Crippen molar-refractivity contribution in [1.29, 1.82) is 5.41 Å². The summed E-state index contributed by atoms with van der Waals surface area (Å²) in [5, 5.41) is 10.9. The van der Waals surface area contributed by atoms with Crippen molar-refractivity contribution in [3.05, 3.63) is 28.3 Å². The largest absolute Gasteiger partial charge is 0.325 e. The van der Waals surface area contributed by atoms with Gasteiger partial charge in [-0.05, 0) is 31.5 Å². The van der Waals surface area contributed by atoms with Crippen LogP contribution in [0.15, 0.2) is 12.1 Å². The molecule has 1 aromatic carbocycles. The summed E-state index contributed by atoms with van der Waals surface area (Å²) < 4.78 is 0. The van der Waals surface area contributed by atoms with Gasteiger partial charge in [0.2, 0.25) is 5.91 Å². The van der Waals surface area contributed by atoms with Crippen molar-refractivity contribution in [2.24, 2.45) is 0 Å². The average molecular weight is 299 g/mol. The molecular formula is C16H27ClN2O. The monoisotopic (exact) mass is 298 g/mol. The molecule has 0 spiro atoms. The zero-order valence-corrected chi connectivity index (χ0v) is 14.4. The van der Waals surface area contributed by atoms with Crippen molar-refractivity contribution in [1.82, 2.24) is 0 Å². The SMILES string of the molecule is CC.CC.CCC(=O)Nc1cc(C)cc(Cl)c1C(C)=N. The summed E-state index contributed by atoms with van der Waals surface area (Å²) in [7, 11) is 0. The molecule has 1 aromatic rings. The van der Waals surface area contributed by atoms with Crippen molar-refractivity contribution < 1.29 is 4.79 Å². The van der Waals surface area contributed by atoms with Crippen molar-refractivity contribution in [2.45, 2.75) is 54.9 Å². The number of halogens is 1. The van der Waals surface area contributed by atoms with Crippen molar-refractivity contribution >= 4 is 28.9 Å². The minimum Gasteiger partial charge on any atom is -0.325 e. The van der Waals surface area contributed by atoms with Gasteiger partial charge in [0.1, 0.15) is 0 Å². The predicted molar refractivity (Wildman–Crippen MR) is 90.3 cm³/mol. The summed E-state index contributed by atoms with van der Waals surface area (Å²) in [6, 6.07) is 3.61. The van der Waals surface area contributed by atoms with Crippen LogP contribution in [0, 0.1) is 12.3 Å². The molecule has 2 N–H and O–H groups in total. The third-order valence-corrected chi connectivity index (χ3v) is 2.50. The van der Waals surface area contributed by atoms with Crippen LogP contribution in [-0.2, 0) is 4.79 Å². The molecule has 114 valence electrons. The Balaban J connectivity index is 0.